The summed E-state index contributed by atoms with van der Waals surface area (Å²) in [6.45, 7) is 2.42. The molecule has 0 radical (unpaired) electrons. The van der Waals surface area contributed by atoms with Crippen LogP contribution in [0.25, 0.3) is 0 Å². The van der Waals surface area contributed by atoms with Crippen LogP contribution in [-0.2, 0) is 10.0 Å². The average molecular weight is 312 g/mol. The van der Waals surface area contributed by atoms with E-state index in [1.165, 1.54) is 4.31 Å². The highest BCUT2D eigenvalue weighted by Crippen LogP contribution is 2.26. The van der Waals surface area contributed by atoms with E-state index in [1.54, 1.807) is 24.3 Å². The van der Waals surface area contributed by atoms with Gasteiger partial charge in [-0.15, -0.1) is 10.2 Å². The Morgan fingerprint density at radius 3 is 2.50 bits per heavy atom. The van der Waals surface area contributed by atoms with Crippen LogP contribution in [-0.4, -0.2) is 25.2 Å². The van der Waals surface area contributed by atoms with Gasteiger partial charge in [-0.25, -0.2) is 0 Å². The quantitative estimate of drug-likeness (QED) is 0.882. The third-order valence-electron chi connectivity index (χ3n) is 2.69. The highest BCUT2D eigenvalue weighted by atomic mass is 32.2. The fourth-order valence-corrected chi connectivity index (χ4v) is 4.09. The Labute approximate surface area is 122 Å². The number of anilines is 2. The van der Waals surface area contributed by atoms with Crippen molar-refractivity contribution < 1.29 is 8.42 Å². The Kier molecular flexibility index (Phi) is 4.56. The molecule has 0 saturated heterocycles. The van der Waals surface area contributed by atoms with Crippen LogP contribution in [0.2, 0.25) is 0 Å². The smallest absolute Gasteiger partial charge is 0.293 e. The van der Waals surface area contributed by atoms with Gasteiger partial charge in [-0.2, -0.15) is 8.42 Å². The molecule has 1 heterocycles. The molecule has 0 saturated carbocycles. The van der Waals surface area contributed by atoms with Crippen molar-refractivity contribution in [1.29, 1.82) is 0 Å². The first-order valence-corrected chi connectivity index (χ1v) is 8.48. The van der Waals surface area contributed by atoms with Gasteiger partial charge >= 0.3 is 0 Å². The molecule has 0 amide bonds. The predicted octanol–water partition coefficient (Wildman–Crippen LogP) is 2.12. The summed E-state index contributed by atoms with van der Waals surface area (Å²) in [5, 5.41) is 7.38. The monoisotopic (exact) mass is 312 g/mol. The van der Waals surface area contributed by atoms with Crippen molar-refractivity contribution in [2.75, 3.05) is 16.6 Å². The van der Waals surface area contributed by atoms with Gasteiger partial charge in [-0.05, 0) is 18.6 Å². The maximum absolute atomic E-state index is 12.6. The fraction of sp³-hybridized carbons (Fsp3) is 0.333. The maximum Gasteiger partial charge on any atom is 0.293 e. The topological polar surface area (TPSA) is 89.2 Å². The summed E-state index contributed by atoms with van der Waals surface area (Å²) < 4.78 is 26.5. The number of para-hydroxylation sites is 1. The number of nitrogens with two attached hydrogens (primary N) is 1. The predicted molar refractivity (Wildman–Crippen MR) is 80.2 cm³/mol. The normalized spacial score (nSPS) is 11.4. The lowest BCUT2D eigenvalue weighted by atomic mass is 10.3. The Morgan fingerprint density at radius 1 is 1.25 bits per heavy atom. The molecule has 1 aromatic carbocycles. The van der Waals surface area contributed by atoms with Crippen LogP contribution < -0.4 is 10.0 Å². The van der Waals surface area contributed by atoms with Gasteiger partial charge in [0.2, 0.25) is 5.13 Å². The van der Waals surface area contributed by atoms with Crippen LogP contribution >= 0.6 is 11.3 Å². The molecule has 1 aromatic heterocycles. The minimum atomic E-state index is -3.71. The van der Waals surface area contributed by atoms with Gasteiger partial charge in [0.1, 0.15) is 0 Å². The molecular formula is C12H16N4O2S2. The van der Waals surface area contributed by atoms with Gasteiger partial charge in [0.25, 0.3) is 14.4 Å². The molecule has 2 rings (SSSR count). The Bertz CT molecular complexity index is 655. The molecule has 6 nitrogen and oxygen atoms in total. The van der Waals surface area contributed by atoms with Crippen LogP contribution in [0.15, 0.2) is 34.7 Å². The van der Waals surface area contributed by atoms with Crippen molar-refractivity contribution in [1.82, 2.24) is 10.2 Å². The van der Waals surface area contributed by atoms with E-state index in [4.69, 9.17) is 5.73 Å². The van der Waals surface area contributed by atoms with E-state index in [9.17, 15) is 8.42 Å². The third-order valence-corrected chi connectivity index (χ3v) is 5.62. The van der Waals surface area contributed by atoms with E-state index >= 15 is 0 Å². The summed E-state index contributed by atoms with van der Waals surface area (Å²) >= 11 is 0.877. The first-order valence-electron chi connectivity index (χ1n) is 6.22. The zero-order valence-corrected chi connectivity index (χ0v) is 12.7. The van der Waals surface area contributed by atoms with Gasteiger partial charge in [0.05, 0.1) is 5.69 Å². The summed E-state index contributed by atoms with van der Waals surface area (Å²) in [5.74, 6) is 0. The number of benzene rings is 1. The lowest BCUT2D eigenvalue weighted by Gasteiger charge is -2.22. The van der Waals surface area contributed by atoms with E-state index in [2.05, 4.69) is 10.2 Å². The number of nitrogen functional groups attached to an aromatic ring is 1. The van der Waals surface area contributed by atoms with Crippen molar-refractivity contribution in [3.05, 3.63) is 30.3 Å². The molecule has 0 aliphatic rings. The molecule has 20 heavy (non-hydrogen) atoms. The number of nitrogens with zero attached hydrogens (tertiary/aromatic N) is 3. The van der Waals surface area contributed by atoms with Crippen LogP contribution in [0.1, 0.15) is 19.8 Å². The molecule has 0 atom stereocenters. The largest absolute Gasteiger partial charge is 0.374 e. The summed E-state index contributed by atoms with van der Waals surface area (Å²) in [7, 11) is -3.71. The standard InChI is InChI=1S/C12H16N4O2S2/c1-2-3-9-16(10-7-5-4-6-8-10)20(17,18)12-15-14-11(13)19-12/h4-8H,2-3,9H2,1H3,(H2,13,14). The number of hydrogen-bond donors (Lipinski definition) is 1. The molecule has 0 unspecified atom stereocenters. The lowest BCUT2D eigenvalue weighted by molar-refractivity contribution is 0.586. The lowest BCUT2D eigenvalue weighted by Crippen LogP contribution is -2.32. The molecule has 2 aromatic rings. The van der Waals surface area contributed by atoms with Crippen molar-refractivity contribution in [2.24, 2.45) is 0 Å². The van der Waals surface area contributed by atoms with Crippen LogP contribution in [0.3, 0.4) is 0 Å². The van der Waals surface area contributed by atoms with Crippen molar-refractivity contribution in [3.63, 3.8) is 0 Å². The molecule has 0 fully saturated rings. The van der Waals surface area contributed by atoms with Crippen LogP contribution in [0.4, 0.5) is 10.8 Å². The van der Waals surface area contributed by atoms with Crippen LogP contribution in [0, 0.1) is 0 Å². The Morgan fingerprint density at radius 2 is 1.95 bits per heavy atom. The van der Waals surface area contributed by atoms with Crippen molar-refractivity contribution in [2.45, 2.75) is 24.1 Å². The average Bonchev–Trinajstić information content (AvgIpc) is 2.88. The van der Waals surface area contributed by atoms with Gasteiger partial charge in [-0.3, -0.25) is 4.31 Å². The number of aromatic nitrogens is 2. The molecule has 0 bridgehead atoms. The minimum Gasteiger partial charge on any atom is -0.374 e. The zero-order valence-electron chi connectivity index (χ0n) is 11.1. The first kappa shape index (κ1) is 14.7. The zero-order chi connectivity index (χ0) is 14.6. The molecule has 0 aliphatic carbocycles. The first-order chi connectivity index (χ1) is 9.55. The van der Waals surface area contributed by atoms with E-state index in [0.717, 1.165) is 24.2 Å². The second-order valence-electron chi connectivity index (χ2n) is 4.17. The SMILES string of the molecule is CCCCN(c1ccccc1)S(=O)(=O)c1nnc(N)s1. The van der Waals surface area contributed by atoms with Crippen molar-refractivity contribution in [3.8, 4) is 0 Å². The van der Waals surface area contributed by atoms with E-state index in [0.29, 0.717) is 12.2 Å². The highest BCUT2D eigenvalue weighted by Gasteiger charge is 2.28. The van der Waals surface area contributed by atoms with Crippen molar-refractivity contribution >= 4 is 32.2 Å². The molecule has 0 spiro atoms. The van der Waals surface area contributed by atoms with Gasteiger partial charge in [0, 0.05) is 6.54 Å². The number of unbranched alkanes of at least 4 members (excludes halogenated alkanes) is 1. The highest BCUT2D eigenvalue weighted by molar-refractivity contribution is 7.94. The fourth-order valence-electron chi connectivity index (χ4n) is 1.70. The molecular weight excluding hydrogens is 296 g/mol. The molecule has 8 heteroatoms. The number of sulfonamides is 1. The van der Waals surface area contributed by atoms with E-state index in [1.807, 2.05) is 13.0 Å². The number of hydrogen-bond acceptors (Lipinski definition) is 6. The summed E-state index contributed by atoms with van der Waals surface area (Å²) in [6, 6.07) is 8.97. The third kappa shape index (κ3) is 3.07. The van der Waals surface area contributed by atoms with Gasteiger partial charge < -0.3 is 5.73 Å². The molecule has 108 valence electrons. The Balaban J connectivity index is 2.40. The molecule has 0 aliphatic heterocycles. The van der Waals surface area contributed by atoms with Crippen LogP contribution in [0.5, 0.6) is 0 Å². The number of rotatable bonds is 6. The summed E-state index contributed by atoms with van der Waals surface area (Å²) in [5.41, 5.74) is 6.10. The van der Waals surface area contributed by atoms with E-state index < -0.39 is 10.0 Å². The summed E-state index contributed by atoms with van der Waals surface area (Å²) in [6.07, 6.45) is 1.67. The maximum atomic E-state index is 12.6. The minimum absolute atomic E-state index is 0.0741. The van der Waals surface area contributed by atoms with E-state index in [-0.39, 0.29) is 9.47 Å². The second-order valence-corrected chi connectivity index (χ2v) is 7.22. The molecule has 2 N–H and O–H groups in total. The summed E-state index contributed by atoms with van der Waals surface area (Å²) in [4.78, 5) is 0. The van der Waals surface area contributed by atoms with Gasteiger partial charge in [0.15, 0.2) is 0 Å². The Hall–Kier alpha value is -1.67. The van der Waals surface area contributed by atoms with Gasteiger partial charge in [-0.1, -0.05) is 42.9 Å². The second kappa shape index (κ2) is 6.19.